The summed E-state index contributed by atoms with van der Waals surface area (Å²) in [5.74, 6) is -0.378. The first-order chi connectivity index (χ1) is 9.11. The first kappa shape index (κ1) is 20.9. The minimum atomic E-state index is -1.06. The summed E-state index contributed by atoms with van der Waals surface area (Å²) in [6, 6.07) is 0. The lowest BCUT2D eigenvalue weighted by Gasteiger charge is -2.49. The molecule has 0 fully saturated rings. The maximum Gasteiger partial charge on any atom is 0.0701 e. The Morgan fingerprint density at radius 1 is 0.524 bits per heavy atom. The van der Waals surface area contributed by atoms with Crippen LogP contribution < -0.4 is 0 Å². The second-order valence-corrected chi connectivity index (χ2v) is 8.29. The fraction of sp³-hybridized carbons (Fsp3) is 1.00. The van der Waals surface area contributed by atoms with Crippen molar-refractivity contribution in [2.24, 2.45) is 29.6 Å². The van der Waals surface area contributed by atoms with Crippen molar-refractivity contribution in [1.29, 1.82) is 0 Å². The SMILES string of the molecule is CC(C)C(C)(O)C(C)C(C)C(C)(O)C(C)C(C)(O)C(C)C. The van der Waals surface area contributed by atoms with E-state index in [1.165, 1.54) is 0 Å². The van der Waals surface area contributed by atoms with E-state index in [4.69, 9.17) is 0 Å². The van der Waals surface area contributed by atoms with Gasteiger partial charge in [0.25, 0.3) is 0 Å². The number of aliphatic hydroxyl groups is 3. The molecular formula is C18H38O3. The van der Waals surface area contributed by atoms with Gasteiger partial charge in [-0.3, -0.25) is 0 Å². The van der Waals surface area contributed by atoms with Crippen molar-refractivity contribution in [1.82, 2.24) is 0 Å². The lowest BCUT2D eigenvalue weighted by atomic mass is 9.62. The molecule has 0 aromatic heterocycles. The molecule has 0 saturated heterocycles. The first-order valence-corrected chi connectivity index (χ1v) is 8.28. The van der Waals surface area contributed by atoms with Crippen LogP contribution >= 0.6 is 0 Å². The van der Waals surface area contributed by atoms with Gasteiger partial charge in [0.2, 0.25) is 0 Å². The predicted octanol–water partition coefficient (Wildman–Crippen LogP) is 3.46. The summed E-state index contributed by atoms with van der Waals surface area (Å²) < 4.78 is 0. The Balaban J connectivity index is 5.42. The molecule has 0 aliphatic carbocycles. The van der Waals surface area contributed by atoms with Gasteiger partial charge in [-0.05, 0) is 44.4 Å². The molecule has 6 unspecified atom stereocenters. The van der Waals surface area contributed by atoms with E-state index < -0.39 is 16.8 Å². The minimum absolute atomic E-state index is 0.0482. The van der Waals surface area contributed by atoms with Gasteiger partial charge in [-0.15, -0.1) is 0 Å². The maximum absolute atomic E-state index is 11.1. The monoisotopic (exact) mass is 302 g/mol. The zero-order valence-corrected chi connectivity index (χ0v) is 15.7. The Morgan fingerprint density at radius 3 is 1.10 bits per heavy atom. The maximum atomic E-state index is 11.1. The largest absolute Gasteiger partial charge is 0.390 e. The molecule has 6 atom stereocenters. The molecule has 0 radical (unpaired) electrons. The fourth-order valence-electron chi connectivity index (χ4n) is 3.02. The highest BCUT2D eigenvalue weighted by Crippen LogP contribution is 2.43. The average Bonchev–Trinajstić information content (AvgIpc) is 2.35. The van der Waals surface area contributed by atoms with Crippen LogP contribution in [0, 0.1) is 29.6 Å². The van der Waals surface area contributed by atoms with Gasteiger partial charge < -0.3 is 15.3 Å². The molecule has 0 heterocycles. The van der Waals surface area contributed by atoms with Crippen molar-refractivity contribution in [3.05, 3.63) is 0 Å². The van der Waals surface area contributed by atoms with Crippen molar-refractivity contribution in [2.45, 2.75) is 86.0 Å². The fourth-order valence-corrected chi connectivity index (χ4v) is 3.02. The summed E-state index contributed by atoms with van der Waals surface area (Å²) >= 11 is 0. The number of rotatable bonds is 7. The lowest BCUT2D eigenvalue weighted by Crippen LogP contribution is -2.57. The van der Waals surface area contributed by atoms with E-state index >= 15 is 0 Å². The molecule has 0 aromatic rings. The van der Waals surface area contributed by atoms with Crippen molar-refractivity contribution in [3.8, 4) is 0 Å². The zero-order valence-electron chi connectivity index (χ0n) is 15.7. The van der Waals surface area contributed by atoms with Crippen LogP contribution in [0.5, 0.6) is 0 Å². The third kappa shape index (κ3) is 4.00. The molecule has 3 nitrogen and oxygen atoms in total. The number of hydrogen-bond acceptors (Lipinski definition) is 3. The standard InChI is InChI=1S/C18H38O3/c1-11(2)16(8,19)13(5)14(6)18(10,21)15(7)17(9,20)12(3)4/h11-15,19-21H,1-10H3. The summed E-state index contributed by atoms with van der Waals surface area (Å²) in [5.41, 5.74) is -2.87. The molecule has 0 aliphatic rings. The second-order valence-electron chi connectivity index (χ2n) is 8.29. The topological polar surface area (TPSA) is 60.7 Å². The Labute approximate surface area is 131 Å². The Bertz CT molecular complexity index is 329. The molecule has 0 spiro atoms. The predicted molar refractivity (Wildman–Crippen MR) is 89.0 cm³/mol. The highest BCUT2D eigenvalue weighted by molar-refractivity contribution is 5.00. The molecule has 0 amide bonds. The Morgan fingerprint density at radius 2 is 0.810 bits per heavy atom. The van der Waals surface area contributed by atoms with Crippen LogP contribution in [0.3, 0.4) is 0 Å². The van der Waals surface area contributed by atoms with Gasteiger partial charge in [0.05, 0.1) is 16.8 Å². The van der Waals surface area contributed by atoms with Gasteiger partial charge in [0.1, 0.15) is 0 Å². The van der Waals surface area contributed by atoms with Crippen LogP contribution in [0.4, 0.5) is 0 Å². The van der Waals surface area contributed by atoms with Gasteiger partial charge in [0.15, 0.2) is 0 Å². The summed E-state index contributed by atoms with van der Waals surface area (Å²) in [6.07, 6.45) is 0. The van der Waals surface area contributed by atoms with Gasteiger partial charge >= 0.3 is 0 Å². The van der Waals surface area contributed by atoms with E-state index in [2.05, 4.69) is 0 Å². The van der Waals surface area contributed by atoms with Gasteiger partial charge in [-0.25, -0.2) is 0 Å². The van der Waals surface area contributed by atoms with Crippen LogP contribution in [0.25, 0.3) is 0 Å². The molecule has 0 aromatic carbocycles. The first-order valence-electron chi connectivity index (χ1n) is 8.28. The highest BCUT2D eigenvalue weighted by Gasteiger charge is 2.49. The molecule has 0 bridgehead atoms. The van der Waals surface area contributed by atoms with Crippen LogP contribution in [-0.4, -0.2) is 32.1 Å². The van der Waals surface area contributed by atoms with E-state index in [0.717, 1.165) is 0 Å². The van der Waals surface area contributed by atoms with Gasteiger partial charge in [0, 0.05) is 5.92 Å². The van der Waals surface area contributed by atoms with Crippen molar-refractivity contribution in [2.75, 3.05) is 0 Å². The third-order valence-corrected chi connectivity index (χ3v) is 6.68. The lowest BCUT2D eigenvalue weighted by molar-refractivity contribution is -0.171. The van der Waals surface area contributed by atoms with E-state index in [0.29, 0.717) is 0 Å². The molecule has 3 heteroatoms. The normalized spacial score (nSPS) is 25.9. The Kier molecular flexibility index (Phi) is 6.52. The molecule has 128 valence electrons. The van der Waals surface area contributed by atoms with Gasteiger partial charge in [-0.2, -0.15) is 0 Å². The quantitative estimate of drug-likeness (QED) is 0.675. The summed E-state index contributed by atoms with van der Waals surface area (Å²) in [5, 5.41) is 32.5. The van der Waals surface area contributed by atoms with E-state index in [9.17, 15) is 15.3 Å². The van der Waals surface area contributed by atoms with Crippen LogP contribution in [0.1, 0.15) is 69.2 Å². The Hall–Kier alpha value is -0.120. The molecule has 21 heavy (non-hydrogen) atoms. The second kappa shape index (κ2) is 6.55. The highest BCUT2D eigenvalue weighted by atomic mass is 16.3. The molecule has 3 N–H and O–H groups in total. The van der Waals surface area contributed by atoms with E-state index in [1.807, 2.05) is 55.4 Å². The van der Waals surface area contributed by atoms with Crippen LogP contribution in [-0.2, 0) is 0 Å². The molecule has 0 aliphatic heterocycles. The zero-order chi connectivity index (χ0) is 17.4. The molecule has 0 rings (SSSR count). The third-order valence-electron chi connectivity index (χ3n) is 6.68. The summed E-state index contributed by atoms with van der Waals surface area (Å²) in [4.78, 5) is 0. The van der Waals surface area contributed by atoms with Crippen LogP contribution in [0.2, 0.25) is 0 Å². The van der Waals surface area contributed by atoms with Gasteiger partial charge in [-0.1, -0.05) is 48.5 Å². The molecule has 0 saturated carbocycles. The van der Waals surface area contributed by atoms with Crippen molar-refractivity contribution < 1.29 is 15.3 Å². The minimum Gasteiger partial charge on any atom is -0.390 e. The van der Waals surface area contributed by atoms with E-state index in [1.54, 1.807) is 13.8 Å². The number of hydrogen-bond donors (Lipinski definition) is 3. The van der Waals surface area contributed by atoms with Crippen molar-refractivity contribution >= 4 is 0 Å². The van der Waals surface area contributed by atoms with Crippen LogP contribution in [0.15, 0.2) is 0 Å². The summed E-state index contributed by atoms with van der Waals surface area (Å²) in [7, 11) is 0. The average molecular weight is 302 g/mol. The van der Waals surface area contributed by atoms with E-state index in [-0.39, 0.29) is 29.6 Å². The van der Waals surface area contributed by atoms with Crippen molar-refractivity contribution in [3.63, 3.8) is 0 Å². The molecular weight excluding hydrogens is 264 g/mol. The smallest absolute Gasteiger partial charge is 0.0701 e. The summed E-state index contributed by atoms with van der Waals surface area (Å²) in [6.45, 7) is 19.2.